The van der Waals surface area contributed by atoms with Crippen molar-refractivity contribution in [2.75, 3.05) is 26.7 Å². The summed E-state index contributed by atoms with van der Waals surface area (Å²) >= 11 is 0. The van der Waals surface area contributed by atoms with Crippen molar-refractivity contribution < 1.29 is 9.59 Å². The molecule has 0 aliphatic carbocycles. The van der Waals surface area contributed by atoms with Crippen LogP contribution in [0.25, 0.3) is 11.4 Å². The lowest BCUT2D eigenvalue weighted by molar-refractivity contribution is -0.137. The van der Waals surface area contributed by atoms with Crippen molar-refractivity contribution in [2.45, 2.75) is 19.4 Å². The first-order chi connectivity index (χ1) is 12.5. The molecule has 26 heavy (non-hydrogen) atoms. The van der Waals surface area contributed by atoms with E-state index in [1.54, 1.807) is 11.9 Å². The number of likely N-dealkylation sites (tertiary alicyclic amines) is 1. The maximum atomic E-state index is 12.8. The second-order valence-corrected chi connectivity index (χ2v) is 6.67. The van der Waals surface area contributed by atoms with Gasteiger partial charge in [0.25, 0.3) is 0 Å². The van der Waals surface area contributed by atoms with Gasteiger partial charge in [0.05, 0.1) is 12.5 Å². The van der Waals surface area contributed by atoms with E-state index in [9.17, 15) is 9.59 Å². The van der Waals surface area contributed by atoms with E-state index in [0.29, 0.717) is 18.9 Å². The second kappa shape index (κ2) is 8.05. The summed E-state index contributed by atoms with van der Waals surface area (Å²) in [5, 5.41) is 14.0. The number of nitrogens with zero attached hydrogens (tertiary/aromatic N) is 5. The highest BCUT2D eigenvalue weighted by Crippen LogP contribution is 2.20. The first-order valence-electron chi connectivity index (χ1n) is 8.61. The summed E-state index contributed by atoms with van der Waals surface area (Å²) in [6.07, 6.45) is 1.73. The number of aromatic nitrogens is 4. The Labute approximate surface area is 151 Å². The van der Waals surface area contributed by atoms with Crippen LogP contribution in [-0.4, -0.2) is 68.9 Å². The molecule has 0 unspecified atom stereocenters. The number of H-pyrrole nitrogens is 1. The molecule has 9 nitrogen and oxygen atoms in total. The first kappa shape index (κ1) is 18.0. The Hall–Kier alpha value is -2.81. The summed E-state index contributed by atoms with van der Waals surface area (Å²) in [5.41, 5.74) is 7.11. The van der Waals surface area contributed by atoms with Gasteiger partial charge in [0.2, 0.25) is 17.6 Å². The average molecular weight is 357 g/mol. The fourth-order valence-corrected chi connectivity index (χ4v) is 3.38. The molecule has 0 bridgehead atoms. The SMILES string of the molecule is CN(Cc1cccc(-c2nn[nH]n2)c1)C(=O)[C@H]1CCCN(CC(N)=O)C1. The van der Waals surface area contributed by atoms with Gasteiger partial charge in [0.1, 0.15) is 0 Å². The zero-order chi connectivity index (χ0) is 18.5. The molecule has 1 aromatic carbocycles. The van der Waals surface area contributed by atoms with Crippen LogP contribution < -0.4 is 5.73 Å². The second-order valence-electron chi connectivity index (χ2n) is 6.67. The Kier molecular flexibility index (Phi) is 5.57. The number of aromatic amines is 1. The van der Waals surface area contributed by atoms with Gasteiger partial charge in [0, 0.05) is 25.7 Å². The minimum atomic E-state index is -0.357. The maximum absolute atomic E-state index is 12.8. The third-order valence-corrected chi connectivity index (χ3v) is 4.56. The van der Waals surface area contributed by atoms with E-state index in [1.165, 1.54) is 0 Å². The summed E-state index contributed by atoms with van der Waals surface area (Å²) in [5.74, 6) is 0.151. The lowest BCUT2D eigenvalue weighted by Gasteiger charge is -2.33. The van der Waals surface area contributed by atoms with Crippen molar-refractivity contribution in [3.63, 3.8) is 0 Å². The van der Waals surface area contributed by atoms with Gasteiger partial charge in [-0.1, -0.05) is 18.2 Å². The van der Waals surface area contributed by atoms with Crippen molar-refractivity contribution in [2.24, 2.45) is 11.7 Å². The highest BCUT2D eigenvalue weighted by molar-refractivity contribution is 5.79. The number of hydrogen-bond acceptors (Lipinski definition) is 6. The predicted octanol–water partition coefficient (Wildman–Crippen LogP) is 0.0224. The molecular formula is C17H23N7O2. The highest BCUT2D eigenvalue weighted by atomic mass is 16.2. The van der Waals surface area contributed by atoms with Gasteiger partial charge in [-0.25, -0.2) is 0 Å². The minimum absolute atomic E-state index is 0.0872. The fourth-order valence-electron chi connectivity index (χ4n) is 3.38. The summed E-state index contributed by atoms with van der Waals surface area (Å²) in [7, 11) is 1.80. The number of benzene rings is 1. The Morgan fingerprint density at radius 3 is 3.00 bits per heavy atom. The van der Waals surface area contributed by atoms with Gasteiger partial charge >= 0.3 is 0 Å². The van der Waals surface area contributed by atoms with Crippen molar-refractivity contribution in [3.8, 4) is 11.4 Å². The highest BCUT2D eigenvalue weighted by Gasteiger charge is 2.28. The molecule has 2 heterocycles. The van der Waals surface area contributed by atoms with Crippen LogP contribution in [0, 0.1) is 5.92 Å². The van der Waals surface area contributed by atoms with Gasteiger partial charge in [-0.05, 0) is 36.2 Å². The van der Waals surface area contributed by atoms with E-state index in [0.717, 1.165) is 30.5 Å². The lowest BCUT2D eigenvalue weighted by Crippen LogP contribution is -2.46. The Bertz CT molecular complexity index is 762. The smallest absolute Gasteiger partial charge is 0.231 e. The fraction of sp³-hybridized carbons (Fsp3) is 0.471. The molecule has 1 fully saturated rings. The van der Waals surface area contributed by atoms with Gasteiger partial charge in [0.15, 0.2) is 0 Å². The summed E-state index contributed by atoms with van der Waals surface area (Å²) in [6.45, 7) is 2.09. The number of amides is 2. The van der Waals surface area contributed by atoms with Crippen LogP contribution in [0.1, 0.15) is 18.4 Å². The zero-order valence-corrected chi connectivity index (χ0v) is 14.8. The topological polar surface area (TPSA) is 121 Å². The molecule has 0 radical (unpaired) electrons. The Morgan fingerprint density at radius 1 is 1.42 bits per heavy atom. The Morgan fingerprint density at radius 2 is 2.27 bits per heavy atom. The van der Waals surface area contributed by atoms with Crippen LogP contribution in [0.3, 0.4) is 0 Å². The van der Waals surface area contributed by atoms with Gasteiger partial charge < -0.3 is 10.6 Å². The number of carbonyl (C=O) groups is 2. The maximum Gasteiger partial charge on any atom is 0.231 e. The number of rotatable bonds is 6. The average Bonchev–Trinajstić information content (AvgIpc) is 3.15. The number of piperidine rings is 1. The normalized spacial score (nSPS) is 17.8. The molecule has 1 saturated heterocycles. The quantitative estimate of drug-likeness (QED) is 0.752. The molecule has 1 aliphatic rings. The molecule has 9 heteroatoms. The van der Waals surface area contributed by atoms with E-state index >= 15 is 0 Å². The van der Waals surface area contributed by atoms with Crippen LogP contribution in [0.15, 0.2) is 24.3 Å². The third-order valence-electron chi connectivity index (χ3n) is 4.56. The minimum Gasteiger partial charge on any atom is -0.369 e. The van der Waals surface area contributed by atoms with Crippen molar-refractivity contribution >= 4 is 11.8 Å². The van der Waals surface area contributed by atoms with E-state index in [4.69, 9.17) is 5.73 Å². The van der Waals surface area contributed by atoms with Crippen LogP contribution in [-0.2, 0) is 16.1 Å². The number of nitrogens with one attached hydrogen (secondary N) is 1. The molecule has 1 aliphatic heterocycles. The van der Waals surface area contributed by atoms with E-state index < -0.39 is 0 Å². The largest absolute Gasteiger partial charge is 0.369 e. The van der Waals surface area contributed by atoms with Gasteiger partial charge in [-0.15, -0.1) is 10.2 Å². The summed E-state index contributed by atoms with van der Waals surface area (Å²) < 4.78 is 0. The molecule has 1 aromatic heterocycles. The monoisotopic (exact) mass is 357 g/mol. The van der Waals surface area contributed by atoms with Gasteiger partial charge in [-0.2, -0.15) is 5.21 Å². The third kappa shape index (κ3) is 4.42. The number of primary amides is 1. The standard InChI is InChI=1S/C17H23N7O2/c1-23(17(26)14-6-3-7-24(10-14)11-15(18)25)9-12-4-2-5-13(8-12)16-19-21-22-20-16/h2,4-5,8,14H,3,6-7,9-11H2,1H3,(H2,18,25)(H,19,20,21,22)/t14-/m0/s1. The lowest BCUT2D eigenvalue weighted by atomic mass is 9.96. The molecule has 3 N–H and O–H groups in total. The van der Waals surface area contributed by atoms with Crippen LogP contribution >= 0.6 is 0 Å². The van der Waals surface area contributed by atoms with E-state index in [1.807, 2.05) is 29.2 Å². The molecule has 0 spiro atoms. The van der Waals surface area contributed by atoms with Crippen LogP contribution in [0.2, 0.25) is 0 Å². The van der Waals surface area contributed by atoms with Crippen LogP contribution in [0.4, 0.5) is 0 Å². The summed E-state index contributed by atoms with van der Waals surface area (Å²) in [6, 6.07) is 7.73. The van der Waals surface area contributed by atoms with E-state index in [2.05, 4.69) is 20.6 Å². The molecule has 3 rings (SSSR count). The van der Waals surface area contributed by atoms with Crippen molar-refractivity contribution in [1.29, 1.82) is 0 Å². The summed E-state index contributed by atoms with van der Waals surface area (Å²) in [4.78, 5) is 27.6. The van der Waals surface area contributed by atoms with Crippen molar-refractivity contribution in [1.82, 2.24) is 30.4 Å². The predicted molar refractivity (Wildman–Crippen MR) is 94.4 cm³/mol. The zero-order valence-electron chi connectivity index (χ0n) is 14.8. The van der Waals surface area contributed by atoms with Crippen LogP contribution in [0.5, 0.6) is 0 Å². The number of hydrogen-bond donors (Lipinski definition) is 2. The molecule has 138 valence electrons. The van der Waals surface area contributed by atoms with Crippen molar-refractivity contribution in [3.05, 3.63) is 29.8 Å². The molecule has 1 atom stereocenters. The molecule has 0 saturated carbocycles. The number of nitrogens with two attached hydrogens (primary N) is 1. The first-order valence-corrected chi connectivity index (χ1v) is 8.61. The van der Waals surface area contributed by atoms with E-state index in [-0.39, 0.29) is 24.3 Å². The Balaban J connectivity index is 1.62. The van der Waals surface area contributed by atoms with Gasteiger partial charge in [-0.3, -0.25) is 14.5 Å². The number of tetrazole rings is 1. The number of carbonyl (C=O) groups excluding carboxylic acids is 2. The molecule has 2 aromatic rings. The molecular weight excluding hydrogens is 334 g/mol. The molecule has 2 amide bonds.